The van der Waals surface area contributed by atoms with Crippen LogP contribution in [0.1, 0.15) is 37.8 Å². The monoisotopic (exact) mass is 496 g/mol. The molecule has 3 aliphatic rings. The zero-order chi connectivity index (χ0) is 23.8. The molecule has 3 N–H and O–H groups in total. The zero-order valence-electron chi connectivity index (χ0n) is 20.0. The van der Waals surface area contributed by atoms with Crippen molar-refractivity contribution in [3.05, 3.63) is 23.2 Å². The van der Waals surface area contributed by atoms with E-state index in [-0.39, 0.29) is 24.0 Å². The van der Waals surface area contributed by atoms with Crippen molar-refractivity contribution in [3.8, 4) is 0 Å². The van der Waals surface area contributed by atoms with Crippen molar-refractivity contribution >= 4 is 45.0 Å². The molecule has 35 heavy (non-hydrogen) atoms. The smallest absolute Gasteiger partial charge is 0.237 e. The lowest BCUT2D eigenvalue weighted by atomic mass is 9.81. The van der Waals surface area contributed by atoms with Gasteiger partial charge in [-0.05, 0) is 50.5 Å². The van der Waals surface area contributed by atoms with Gasteiger partial charge in [-0.3, -0.25) is 14.8 Å². The van der Waals surface area contributed by atoms with Gasteiger partial charge in [0.2, 0.25) is 11.9 Å². The van der Waals surface area contributed by atoms with Crippen molar-refractivity contribution in [1.82, 2.24) is 30.0 Å². The Morgan fingerprint density at radius 2 is 2.03 bits per heavy atom. The van der Waals surface area contributed by atoms with Gasteiger partial charge in [0.05, 0.1) is 25.1 Å². The fourth-order valence-corrected chi connectivity index (χ4v) is 6.50. The van der Waals surface area contributed by atoms with E-state index >= 15 is 0 Å². The average Bonchev–Trinajstić information content (AvgIpc) is 3.48. The van der Waals surface area contributed by atoms with Crippen molar-refractivity contribution in [2.24, 2.45) is 0 Å². The molecule has 11 heteroatoms. The Bertz CT molecular complexity index is 1180. The van der Waals surface area contributed by atoms with Crippen LogP contribution >= 0.6 is 11.3 Å². The van der Waals surface area contributed by atoms with Gasteiger partial charge >= 0.3 is 0 Å². The number of aromatic amines is 1. The van der Waals surface area contributed by atoms with Crippen LogP contribution < -0.4 is 10.6 Å². The molecule has 186 valence electrons. The number of morpholine rings is 1. The number of aryl methyl sites for hydroxylation is 1. The second-order valence-corrected chi connectivity index (χ2v) is 10.7. The van der Waals surface area contributed by atoms with Gasteiger partial charge in [-0.1, -0.05) is 0 Å². The van der Waals surface area contributed by atoms with Crippen LogP contribution in [-0.2, 0) is 9.53 Å². The number of nitrogens with one attached hydrogen (secondary N) is 3. The number of carbonyl (C=O) groups is 1. The third-order valence-corrected chi connectivity index (χ3v) is 8.14. The van der Waals surface area contributed by atoms with Crippen LogP contribution in [0.4, 0.5) is 17.6 Å². The van der Waals surface area contributed by atoms with Crippen LogP contribution in [0.25, 0.3) is 10.2 Å². The summed E-state index contributed by atoms with van der Waals surface area (Å²) in [6.45, 7) is 5.61. The van der Waals surface area contributed by atoms with E-state index in [0.29, 0.717) is 12.5 Å². The summed E-state index contributed by atoms with van der Waals surface area (Å²) in [6.07, 6.45) is 5.19. The van der Waals surface area contributed by atoms with Gasteiger partial charge in [0, 0.05) is 43.0 Å². The van der Waals surface area contributed by atoms with Gasteiger partial charge in [0.25, 0.3) is 0 Å². The highest BCUT2D eigenvalue weighted by atomic mass is 32.1. The van der Waals surface area contributed by atoms with Gasteiger partial charge in [-0.15, -0.1) is 11.3 Å². The van der Waals surface area contributed by atoms with Crippen LogP contribution in [0.15, 0.2) is 17.5 Å². The van der Waals surface area contributed by atoms with Crippen molar-refractivity contribution in [1.29, 1.82) is 0 Å². The summed E-state index contributed by atoms with van der Waals surface area (Å²) in [4.78, 5) is 28.2. The number of rotatable bonds is 6. The average molecular weight is 497 g/mol. The molecule has 2 unspecified atom stereocenters. The van der Waals surface area contributed by atoms with E-state index in [1.807, 2.05) is 24.4 Å². The fraction of sp³-hybridized carbons (Fsp3) is 0.583. The van der Waals surface area contributed by atoms with E-state index in [4.69, 9.17) is 14.7 Å². The molecule has 6 rings (SSSR count). The third-order valence-electron chi connectivity index (χ3n) is 7.34. The Kier molecular flexibility index (Phi) is 6.29. The molecule has 0 aliphatic carbocycles. The van der Waals surface area contributed by atoms with E-state index < -0.39 is 0 Å². The van der Waals surface area contributed by atoms with E-state index in [9.17, 15) is 4.79 Å². The second kappa shape index (κ2) is 9.71. The zero-order valence-corrected chi connectivity index (χ0v) is 20.8. The minimum Gasteiger partial charge on any atom is -0.379 e. The highest BCUT2D eigenvalue weighted by Crippen LogP contribution is 2.36. The first kappa shape index (κ1) is 22.7. The highest BCUT2D eigenvalue weighted by Gasteiger charge is 2.41. The number of hydrogen-bond donors (Lipinski definition) is 3. The molecule has 3 aromatic rings. The predicted molar refractivity (Wildman–Crippen MR) is 136 cm³/mol. The van der Waals surface area contributed by atoms with Crippen LogP contribution in [-0.4, -0.2) is 86.8 Å². The quantitative estimate of drug-likeness (QED) is 0.477. The largest absolute Gasteiger partial charge is 0.379 e. The van der Waals surface area contributed by atoms with Crippen molar-refractivity contribution < 1.29 is 9.53 Å². The van der Waals surface area contributed by atoms with Crippen molar-refractivity contribution in [3.63, 3.8) is 0 Å². The first-order chi connectivity index (χ1) is 17.1. The molecule has 1 amide bonds. The molecule has 3 fully saturated rings. The summed E-state index contributed by atoms with van der Waals surface area (Å²) in [5, 5.41) is 17.2. The number of thiophene rings is 1. The molecular weight excluding hydrogens is 464 g/mol. The molecule has 2 bridgehead atoms. The first-order valence-electron chi connectivity index (χ1n) is 12.5. The maximum Gasteiger partial charge on any atom is 0.237 e. The number of hydrogen-bond acceptors (Lipinski definition) is 9. The molecule has 10 nitrogen and oxygen atoms in total. The summed E-state index contributed by atoms with van der Waals surface area (Å²) in [7, 11) is 0. The Hall–Kier alpha value is -2.76. The summed E-state index contributed by atoms with van der Waals surface area (Å²) < 4.78 is 5.44. The number of piperidine rings is 2. The Labute approximate surface area is 208 Å². The topological polar surface area (TPSA) is 111 Å². The molecule has 2 atom stereocenters. The number of H-pyrrole nitrogens is 1. The second-order valence-electron chi connectivity index (χ2n) is 9.84. The highest BCUT2D eigenvalue weighted by molar-refractivity contribution is 7.16. The molecule has 0 spiro atoms. The lowest BCUT2D eigenvalue weighted by molar-refractivity contribution is -0.143. The lowest BCUT2D eigenvalue weighted by Crippen LogP contribution is -2.59. The molecule has 6 heterocycles. The molecule has 0 saturated carbocycles. The van der Waals surface area contributed by atoms with Crippen molar-refractivity contribution in [2.75, 3.05) is 43.5 Å². The number of anilines is 3. The van der Waals surface area contributed by atoms with Crippen LogP contribution in [0.2, 0.25) is 0 Å². The van der Waals surface area contributed by atoms with Crippen molar-refractivity contribution in [2.45, 2.75) is 57.2 Å². The minimum absolute atomic E-state index is 0.246. The molecule has 3 aromatic heterocycles. The number of ether oxygens (including phenoxy) is 1. The molecule has 3 aliphatic heterocycles. The number of nitrogens with zero attached hydrogens (tertiary/aromatic N) is 5. The van der Waals surface area contributed by atoms with Gasteiger partial charge in [0.15, 0.2) is 5.82 Å². The first-order valence-corrected chi connectivity index (χ1v) is 13.4. The number of aromatic nitrogens is 4. The van der Waals surface area contributed by atoms with Gasteiger partial charge in [-0.25, -0.2) is 4.98 Å². The Morgan fingerprint density at radius 3 is 2.77 bits per heavy atom. The predicted octanol–water partition coefficient (Wildman–Crippen LogP) is 3.12. The van der Waals surface area contributed by atoms with Crippen LogP contribution in [0.5, 0.6) is 0 Å². The summed E-state index contributed by atoms with van der Waals surface area (Å²) in [6, 6.07) is 4.80. The normalized spacial score (nSPS) is 25.1. The third kappa shape index (κ3) is 4.85. The van der Waals surface area contributed by atoms with Crippen LogP contribution in [0.3, 0.4) is 0 Å². The molecular formula is C24H32N8O2S. The van der Waals surface area contributed by atoms with Gasteiger partial charge in [-0.2, -0.15) is 10.1 Å². The molecule has 0 radical (unpaired) electrons. The van der Waals surface area contributed by atoms with E-state index in [1.165, 1.54) is 6.42 Å². The molecule has 3 saturated heterocycles. The fourth-order valence-electron chi connectivity index (χ4n) is 5.74. The lowest BCUT2D eigenvalue weighted by Gasteiger charge is -2.49. The number of amides is 1. The number of fused-ring (bicyclic) bond motifs is 3. The summed E-state index contributed by atoms with van der Waals surface area (Å²) in [5.74, 6) is 2.40. The van der Waals surface area contributed by atoms with E-state index in [2.05, 4.69) is 30.6 Å². The Morgan fingerprint density at radius 1 is 1.23 bits per heavy atom. The Balaban J connectivity index is 1.16. The summed E-state index contributed by atoms with van der Waals surface area (Å²) >= 11 is 1.61. The van der Waals surface area contributed by atoms with E-state index in [1.54, 1.807) is 11.3 Å². The minimum atomic E-state index is 0.246. The van der Waals surface area contributed by atoms with E-state index in [0.717, 1.165) is 79.5 Å². The van der Waals surface area contributed by atoms with Gasteiger partial charge in [0.1, 0.15) is 10.6 Å². The molecule has 0 aromatic carbocycles. The standard InChI is InChI=1S/C24H32N8O2S/c1-15-11-20(30-29-15)26-22-19-5-10-35-23(19)28-24(27-22)25-16-12-17-3-2-4-18(13-16)32(17)21(33)14-31-6-8-34-9-7-31/h5,10-11,16-18H,2-4,6-9,12-14H2,1H3,(H3,25,26,27,28,29,30). The maximum absolute atomic E-state index is 13.3. The van der Waals surface area contributed by atoms with Crippen LogP contribution in [0, 0.1) is 6.92 Å². The maximum atomic E-state index is 13.3. The van der Waals surface area contributed by atoms with Gasteiger partial charge < -0.3 is 20.3 Å². The SMILES string of the molecule is Cc1cc(Nc2nc(NC3CC4CCCC(C3)N4C(=O)CN3CCOCC3)nc3sccc23)n[nH]1. The summed E-state index contributed by atoms with van der Waals surface area (Å²) in [5.41, 5.74) is 0.989. The number of carbonyl (C=O) groups excluding carboxylic acids is 1.